The molecule has 0 saturated carbocycles. The van der Waals surface area contributed by atoms with Crippen LogP contribution in [0.1, 0.15) is 60.8 Å². The summed E-state index contributed by atoms with van der Waals surface area (Å²) in [6, 6.07) is 0. The molecule has 1 nitrogen and oxygen atoms in total. The van der Waals surface area contributed by atoms with Crippen LogP contribution < -0.4 is 0 Å². The van der Waals surface area contributed by atoms with Crippen molar-refractivity contribution in [2.24, 2.45) is 0 Å². The number of carbonyl (C=O) groups is 1. The quantitative estimate of drug-likeness (QED) is 0.228. The molecule has 0 unspecified atom stereocenters. The van der Waals surface area contributed by atoms with Gasteiger partial charge in [-0.05, 0) is 66.4 Å². The molecule has 0 rings (SSSR count). The molecule has 0 bridgehead atoms. The van der Waals surface area contributed by atoms with Gasteiger partial charge in [-0.1, -0.05) is 47.1 Å². The second-order valence-corrected chi connectivity index (χ2v) is 5.98. The maximum absolute atomic E-state index is 11.2. The zero-order valence-corrected chi connectivity index (χ0v) is 14.5. The zero-order chi connectivity index (χ0) is 16.3. The van der Waals surface area contributed by atoms with Crippen molar-refractivity contribution in [1.82, 2.24) is 0 Å². The Morgan fingerprint density at radius 2 is 1.43 bits per heavy atom. The first-order chi connectivity index (χ1) is 9.86. The maximum Gasteiger partial charge on any atom is 0.150 e. The summed E-state index contributed by atoms with van der Waals surface area (Å²) >= 11 is 0. The molecule has 1 heteroatoms. The van der Waals surface area contributed by atoms with Gasteiger partial charge in [-0.3, -0.25) is 4.79 Å². The summed E-state index contributed by atoms with van der Waals surface area (Å²) in [5.41, 5.74) is 5.74. The molecule has 0 aliphatic carbocycles. The van der Waals surface area contributed by atoms with Crippen LogP contribution in [0.3, 0.4) is 0 Å². The molecule has 0 saturated heterocycles. The molecule has 21 heavy (non-hydrogen) atoms. The van der Waals surface area contributed by atoms with Crippen LogP contribution in [-0.4, -0.2) is 6.29 Å². The fourth-order valence-corrected chi connectivity index (χ4v) is 1.76. The van der Waals surface area contributed by atoms with Crippen molar-refractivity contribution in [1.29, 1.82) is 0 Å². The molecule has 0 radical (unpaired) electrons. The van der Waals surface area contributed by atoms with E-state index in [9.17, 15) is 4.79 Å². The van der Waals surface area contributed by atoms with Crippen LogP contribution in [0.25, 0.3) is 0 Å². The van der Waals surface area contributed by atoms with Crippen molar-refractivity contribution in [3.05, 3.63) is 58.2 Å². The summed E-state index contributed by atoms with van der Waals surface area (Å²) in [6.45, 7) is 12.5. The van der Waals surface area contributed by atoms with Gasteiger partial charge in [0.15, 0.2) is 0 Å². The summed E-state index contributed by atoms with van der Waals surface area (Å²) in [7, 11) is 0. The minimum Gasteiger partial charge on any atom is -0.298 e. The molecule has 0 aliphatic rings. The molecule has 0 aromatic rings. The van der Waals surface area contributed by atoms with Crippen molar-refractivity contribution >= 4 is 6.29 Å². The molecule has 0 heterocycles. The Morgan fingerprint density at radius 1 is 0.810 bits per heavy atom. The van der Waals surface area contributed by atoms with Gasteiger partial charge in [0.1, 0.15) is 6.29 Å². The smallest absolute Gasteiger partial charge is 0.150 e. The van der Waals surface area contributed by atoms with E-state index in [2.05, 4.69) is 58.9 Å². The highest BCUT2D eigenvalue weighted by atomic mass is 16.1. The van der Waals surface area contributed by atoms with Gasteiger partial charge in [0.2, 0.25) is 0 Å². The lowest BCUT2D eigenvalue weighted by atomic mass is 10.0. The van der Waals surface area contributed by atoms with Gasteiger partial charge in [0.25, 0.3) is 0 Å². The number of allylic oxidation sites excluding steroid dienone is 10. The lowest BCUT2D eigenvalue weighted by Crippen LogP contribution is -1.87. The first kappa shape index (κ1) is 19.4. The minimum atomic E-state index is 0.763. The van der Waals surface area contributed by atoms with Gasteiger partial charge in [0.05, 0.1) is 0 Å². The highest BCUT2D eigenvalue weighted by molar-refractivity contribution is 5.80. The van der Waals surface area contributed by atoms with Crippen LogP contribution in [0.4, 0.5) is 0 Å². The number of rotatable bonds is 8. The molecule has 0 aromatic heterocycles. The number of carbonyl (C=O) groups excluding carboxylic acids is 1. The van der Waals surface area contributed by atoms with Crippen molar-refractivity contribution < 1.29 is 4.79 Å². The first-order valence-corrected chi connectivity index (χ1v) is 7.63. The topological polar surface area (TPSA) is 17.1 Å². The number of hydrogen-bond acceptors (Lipinski definition) is 1. The van der Waals surface area contributed by atoms with Crippen molar-refractivity contribution in [2.45, 2.75) is 60.8 Å². The Balaban J connectivity index is 4.74. The fourth-order valence-electron chi connectivity index (χ4n) is 1.76. The van der Waals surface area contributed by atoms with E-state index in [-0.39, 0.29) is 0 Å². The predicted molar refractivity (Wildman–Crippen MR) is 94.4 cm³/mol. The Morgan fingerprint density at radius 3 is 1.95 bits per heavy atom. The van der Waals surface area contributed by atoms with E-state index in [0.717, 1.165) is 36.7 Å². The van der Waals surface area contributed by atoms with E-state index in [1.807, 2.05) is 13.0 Å². The lowest BCUT2D eigenvalue weighted by molar-refractivity contribution is -0.104. The molecule has 0 aliphatic heterocycles. The average Bonchev–Trinajstić information content (AvgIpc) is 2.38. The second-order valence-electron chi connectivity index (χ2n) is 5.98. The summed E-state index contributed by atoms with van der Waals surface area (Å²) in [5.74, 6) is 0. The third kappa shape index (κ3) is 10.8. The third-order valence-electron chi connectivity index (χ3n) is 3.17. The van der Waals surface area contributed by atoms with Crippen LogP contribution in [0.15, 0.2) is 58.2 Å². The molecule has 0 amide bonds. The molecule has 0 fully saturated rings. The highest BCUT2D eigenvalue weighted by Crippen LogP contribution is 2.12. The van der Waals surface area contributed by atoms with Gasteiger partial charge in [-0.2, -0.15) is 0 Å². The van der Waals surface area contributed by atoms with Crippen molar-refractivity contribution in [2.75, 3.05) is 0 Å². The average molecular weight is 286 g/mol. The summed E-state index contributed by atoms with van der Waals surface area (Å²) in [4.78, 5) is 11.2. The largest absolute Gasteiger partial charge is 0.298 e. The van der Waals surface area contributed by atoms with Crippen molar-refractivity contribution in [3.63, 3.8) is 0 Å². The van der Waals surface area contributed by atoms with Crippen molar-refractivity contribution in [3.8, 4) is 0 Å². The Bertz CT molecular complexity index is 474. The maximum atomic E-state index is 11.2. The Labute approximate surface area is 130 Å². The molecule has 116 valence electrons. The first-order valence-electron chi connectivity index (χ1n) is 7.63. The normalized spacial score (nSPS) is 13.0. The van der Waals surface area contributed by atoms with E-state index in [4.69, 9.17) is 0 Å². The van der Waals surface area contributed by atoms with Crippen LogP contribution in [0.5, 0.6) is 0 Å². The van der Waals surface area contributed by atoms with Crippen LogP contribution in [0, 0.1) is 0 Å². The Hall–Kier alpha value is -1.63. The van der Waals surface area contributed by atoms with Gasteiger partial charge < -0.3 is 0 Å². The lowest BCUT2D eigenvalue weighted by Gasteiger charge is -2.00. The second kappa shape index (κ2) is 11.1. The van der Waals surface area contributed by atoms with E-state index >= 15 is 0 Å². The monoisotopic (exact) mass is 286 g/mol. The van der Waals surface area contributed by atoms with E-state index in [1.165, 1.54) is 16.7 Å². The standard InChI is InChI=1S/C20H30O/c1-16(2)9-7-11-18(5)13-14-20(15-21)19(6)12-8-10-17(3)4/h9-10,12-15H,7-8,11H2,1-6H3/b18-13+,19-12-,20-14+. The SMILES string of the molecule is CC(C)=CC\C=C(C)/C(C=O)=C/C=C(\C)CCC=C(C)C. The predicted octanol–water partition coefficient (Wildman–Crippen LogP) is 6.11. The highest BCUT2D eigenvalue weighted by Gasteiger charge is 1.96. The van der Waals surface area contributed by atoms with Gasteiger partial charge >= 0.3 is 0 Å². The molecule has 0 N–H and O–H groups in total. The molecule has 0 atom stereocenters. The van der Waals surface area contributed by atoms with E-state index < -0.39 is 0 Å². The van der Waals surface area contributed by atoms with Gasteiger partial charge in [-0.15, -0.1) is 0 Å². The molecule has 0 spiro atoms. The van der Waals surface area contributed by atoms with Crippen LogP contribution in [0.2, 0.25) is 0 Å². The van der Waals surface area contributed by atoms with Gasteiger partial charge in [0, 0.05) is 5.57 Å². The van der Waals surface area contributed by atoms with Gasteiger partial charge in [-0.25, -0.2) is 0 Å². The Kier molecular flexibility index (Phi) is 10.2. The number of hydrogen-bond donors (Lipinski definition) is 0. The van der Waals surface area contributed by atoms with Crippen LogP contribution >= 0.6 is 0 Å². The molecular formula is C20H30O. The fraction of sp³-hybridized carbons (Fsp3) is 0.450. The summed E-state index contributed by atoms with van der Waals surface area (Å²) < 4.78 is 0. The third-order valence-corrected chi connectivity index (χ3v) is 3.17. The van der Waals surface area contributed by atoms with E-state index in [1.54, 1.807) is 0 Å². The number of aldehydes is 1. The summed E-state index contributed by atoms with van der Waals surface area (Å²) in [6.07, 6.45) is 14.4. The van der Waals surface area contributed by atoms with E-state index in [0.29, 0.717) is 0 Å². The minimum absolute atomic E-state index is 0.763. The zero-order valence-electron chi connectivity index (χ0n) is 14.5. The van der Waals surface area contributed by atoms with Crippen LogP contribution in [-0.2, 0) is 4.79 Å². The molecular weight excluding hydrogens is 256 g/mol. The molecule has 0 aromatic carbocycles. The summed E-state index contributed by atoms with van der Waals surface area (Å²) in [5, 5.41) is 0.